The largest absolute Gasteiger partial charge is 0.390 e. The molecule has 1 unspecified atom stereocenters. The summed E-state index contributed by atoms with van der Waals surface area (Å²) in [5, 5.41) is 9.73. The summed E-state index contributed by atoms with van der Waals surface area (Å²) < 4.78 is 26.7. The number of sulfonamides is 1. The minimum Gasteiger partial charge on any atom is -0.390 e. The van der Waals surface area contributed by atoms with Crippen molar-refractivity contribution in [2.75, 3.05) is 12.3 Å². The number of rotatable bonds is 8. The van der Waals surface area contributed by atoms with Crippen molar-refractivity contribution < 1.29 is 13.5 Å². The summed E-state index contributed by atoms with van der Waals surface area (Å²) in [6.45, 7) is 1.88. The van der Waals surface area contributed by atoms with Crippen LogP contribution < -0.4 is 10.3 Å². The highest BCUT2D eigenvalue weighted by Crippen LogP contribution is 1.95. The molecule has 0 fully saturated rings. The Morgan fingerprint density at radius 1 is 1.42 bits per heavy atom. The van der Waals surface area contributed by atoms with Crippen LogP contribution in [0.25, 0.3) is 0 Å². The molecule has 1 heterocycles. The van der Waals surface area contributed by atoms with E-state index in [2.05, 4.69) is 4.72 Å². The Labute approximate surface area is 113 Å². The second-order valence-electron chi connectivity index (χ2n) is 4.37. The van der Waals surface area contributed by atoms with Gasteiger partial charge in [-0.1, -0.05) is 19.4 Å². The smallest absolute Gasteiger partial charge is 0.250 e. The summed E-state index contributed by atoms with van der Waals surface area (Å²) in [7, 11) is -3.34. The number of hydrogen-bond acceptors (Lipinski definition) is 4. The Hall–Kier alpha value is -1.18. The van der Waals surface area contributed by atoms with E-state index in [1.165, 1.54) is 10.6 Å². The first kappa shape index (κ1) is 15.9. The van der Waals surface area contributed by atoms with Gasteiger partial charge in [-0.15, -0.1) is 0 Å². The van der Waals surface area contributed by atoms with Crippen LogP contribution in [0.1, 0.15) is 19.8 Å². The van der Waals surface area contributed by atoms with Crippen LogP contribution in [-0.2, 0) is 16.6 Å². The van der Waals surface area contributed by atoms with Gasteiger partial charge in [0.15, 0.2) is 0 Å². The lowest BCUT2D eigenvalue weighted by Crippen LogP contribution is -2.37. The van der Waals surface area contributed by atoms with E-state index in [1.54, 1.807) is 18.3 Å². The number of aromatic nitrogens is 1. The van der Waals surface area contributed by atoms with Gasteiger partial charge in [0.1, 0.15) is 0 Å². The van der Waals surface area contributed by atoms with Crippen LogP contribution in [0.2, 0.25) is 0 Å². The maximum atomic E-state index is 11.5. The zero-order valence-corrected chi connectivity index (χ0v) is 11.8. The third-order valence-electron chi connectivity index (χ3n) is 2.61. The summed E-state index contributed by atoms with van der Waals surface area (Å²) in [6, 6.07) is 4.68. The van der Waals surface area contributed by atoms with Crippen LogP contribution in [0, 0.1) is 0 Å². The molecule has 19 heavy (non-hydrogen) atoms. The lowest BCUT2D eigenvalue weighted by Gasteiger charge is -2.13. The molecule has 1 aromatic heterocycles. The molecule has 0 bridgehead atoms. The monoisotopic (exact) mass is 288 g/mol. The van der Waals surface area contributed by atoms with Crippen molar-refractivity contribution in [3.63, 3.8) is 0 Å². The molecule has 108 valence electrons. The molecule has 0 spiro atoms. The lowest BCUT2D eigenvalue weighted by atomic mass is 10.3. The zero-order valence-electron chi connectivity index (χ0n) is 10.9. The number of unbranched alkanes of at least 4 members (excludes halogenated alkanes) is 1. The predicted octanol–water partition coefficient (Wildman–Crippen LogP) is -0.0713. The van der Waals surface area contributed by atoms with Crippen LogP contribution in [0.5, 0.6) is 0 Å². The van der Waals surface area contributed by atoms with Gasteiger partial charge in [-0.05, 0) is 12.5 Å². The number of pyridine rings is 1. The number of nitrogens with one attached hydrogen (secondary N) is 1. The van der Waals surface area contributed by atoms with Gasteiger partial charge in [0.05, 0.1) is 18.4 Å². The fourth-order valence-electron chi connectivity index (χ4n) is 1.53. The Morgan fingerprint density at radius 3 is 2.79 bits per heavy atom. The quantitative estimate of drug-likeness (QED) is 0.701. The first-order valence-electron chi connectivity index (χ1n) is 6.25. The Bertz CT molecular complexity index is 539. The molecule has 0 aliphatic heterocycles. The molecule has 0 amide bonds. The minimum atomic E-state index is -3.34. The van der Waals surface area contributed by atoms with E-state index < -0.39 is 16.1 Å². The van der Waals surface area contributed by atoms with Gasteiger partial charge in [-0.3, -0.25) is 4.79 Å². The predicted molar refractivity (Wildman–Crippen MR) is 73.4 cm³/mol. The standard InChI is InChI=1S/C12H20N2O4S/c1-2-3-8-19(17,18)13-9-11(15)10-14-7-5-4-6-12(14)16/h4-7,11,13,15H,2-3,8-10H2,1H3. The molecule has 0 saturated heterocycles. The molecule has 7 heteroatoms. The van der Waals surface area contributed by atoms with Gasteiger partial charge in [-0.2, -0.15) is 0 Å². The SMILES string of the molecule is CCCCS(=O)(=O)NCC(O)Cn1ccccc1=O. The van der Waals surface area contributed by atoms with Crippen LogP contribution in [0.4, 0.5) is 0 Å². The maximum Gasteiger partial charge on any atom is 0.250 e. The van der Waals surface area contributed by atoms with E-state index in [0.717, 1.165) is 6.42 Å². The average Bonchev–Trinajstić information content (AvgIpc) is 2.37. The van der Waals surface area contributed by atoms with Crippen molar-refractivity contribution >= 4 is 10.0 Å². The Morgan fingerprint density at radius 2 is 2.16 bits per heavy atom. The Balaban J connectivity index is 2.46. The van der Waals surface area contributed by atoms with E-state index in [9.17, 15) is 18.3 Å². The van der Waals surface area contributed by atoms with Crippen LogP contribution >= 0.6 is 0 Å². The highest BCUT2D eigenvalue weighted by molar-refractivity contribution is 7.89. The molecule has 0 radical (unpaired) electrons. The van der Waals surface area contributed by atoms with Crippen molar-refractivity contribution in [2.24, 2.45) is 0 Å². The fourth-order valence-corrected chi connectivity index (χ4v) is 2.79. The highest BCUT2D eigenvalue weighted by atomic mass is 32.2. The number of aliphatic hydroxyl groups is 1. The van der Waals surface area contributed by atoms with Crippen molar-refractivity contribution in [3.05, 3.63) is 34.7 Å². The number of hydrogen-bond donors (Lipinski definition) is 2. The lowest BCUT2D eigenvalue weighted by molar-refractivity contribution is 0.156. The molecule has 2 N–H and O–H groups in total. The molecular weight excluding hydrogens is 268 g/mol. The maximum absolute atomic E-state index is 11.5. The first-order valence-corrected chi connectivity index (χ1v) is 7.90. The van der Waals surface area contributed by atoms with E-state index in [1.807, 2.05) is 6.92 Å². The van der Waals surface area contributed by atoms with Gasteiger partial charge in [0.25, 0.3) is 5.56 Å². The van der Waals surface area contributed by atoms with Crippen molar-refractivity contribution in [1.29, 1.82) is 0 Å². The van der Waals surface area contributed by atoms with E-state index >= 15 is 0 Å². The third-order valence-corrected chi connectivity index (χ3v) is 4.04. The summed E-state index contributed by atoms with van der Waals surface area (Å²) in [6.07, 6.45) is 2.00. The molecule has 0 saturated carbocycles. The van der Waals surface area contributed by atoms with E-state index in [-0.39, 0.29) is 24.4 Å². The average molecular weight is 288 g/mol. The van der Waals surface area contributed by atoms with Gasteiger partial charge in [0, 0.05) is 18.8 Å². The molecule has 6 nitrogen and oxygen atoms in total. The summed E-state index contributed by atoms with van der Waals surface area (Å²) in [5.74, 6) is 0.0570. The molecule has 1 aromatic rings. The van der Waals surface area contributed by atoms with E-state index in [4.69, 9.17) is 0 Å². The van der Waals surface area contributed by atoms with Gasteiger partial charge in [0.2, 0.25) is 10.0 Å². The van der Waals surface area contributed by atoms with Crippen LogP contribution in [0.3, 0.4) is 0 Å². The molecule has 0 aliphatic carbocycles. The first-order chi connectivity index (χ1) is 8.94. The second-order valence-corrected chi connectivity index (χ2v) is 6.29. The summed E-state index contributed by atoms with van der Waals surface area (Å²) >= 11 is 0. The van der Waals surface area contributed by atoms with Crippen LogP contribution in [0.15, 0.2) is 29.2 Å². The van der Waals surface area contributed by atoms with Crippen LogP contribution in [-0.4, -0.2) is 36.5 Å². The normalized spacial score (nSPS) is 13.4. The Kier molecular flexibility index (Phi) is 6.20. The van der Waals surface area contributed by atoms with Gasteiger partial charge < -0.3 is 9.67 Å². The minimum absolute atomic E-state index is 0.0570. The molecule has 0 aromatic carbocycles. The zero-order chi connectivity index (χ0) is 14.3. The van der Waals surface area contributed by atoms with Gasteiger partial charge in [-0.25, -0.2) is 13.1 Å². The summed E-state index contributed by atoms with van der Waals surface area (Å²) in [5.41, 5.74) is -0.226. The topological polar surface area (TPSA) is 88.4 Å². The van der Waals surface area contributed by atoms with Crippen molar-refractivity contribution in [3.8, 4) is 0 Å². The second kappa shape index (κ2) is 7.42. The molecule has 1 rings (SSSR count). The highest BCUT2D eigenvalue weighted by Gasteiger charge is 2.12. The third kappa shape index (κ3) is 6.00. The molecular formula is C12H20N2O4S. The van der Waals surface area contributed by atoms with Gasteiger partial charge >= 0.3 is 0 Å². The number of nitrogens with zero attached hydrogens (tertiary/aromatic N) is 1. The van der Waals surface area contributed by atoms with Crippen molar-refractivity contribution in [2.45, 2.75) is 32.4 Å². The van der Waals surface area contributed by atoms with E-state index in [0.29, 0.717) is 6.42 Å². The molecule has 0 aliphatic rings. The summed E-state index contributed by atoms with van der Waals surface area (Å²) in [4.78, 5) is 11.4. The molecule has 1 atom stereocenters. The number of aliphatic hydroxyl groups excluding tert-OH is 1. The fraction of sp³-hybridized carbons (Fsp3) is 0.583. The van der Waals surface area contributed by atoms with Crippen molar-refractivity contribution in [1.82, 2.24) is 9.29 Å².